The number of alkyl halides is 3. The van der Waals surface area contributed by atoms with Gasteiger partial charge in [0.2, 0.25) is 0 Å². The van der Waals surface area contributed by atoms with Crippen molar-refractivity contribution >= 4 is 46.0 Å². The topological polar surface area (TPSA) is 67.7 Å². The molecule has 0 spiro atoms. The van der Waals surface area contributed by atoms with E-state index in [0.717, 1.165) is 23.9 Å². The van der Waals surface area contributed by atoms with Gasteiger partial charge in [0, 0.05) is 66.5 Å². The Morgan fingerprint density at radius 3 is 2.44 bits per heavy atom. The summed E-state index contributed by atoms with van der Waals surface area (Å²) in [6.07, 6.45) is -5.61. The second-order valence-electron chi connectivity index (χ2n) is 9.45. The maximum absolute atomic E-state index is 15.1. The first-order valence-corrected chi connectivity index (χ1v) is 13.6. The normalized spacial score (nSPS) is 17.6. The lowest BCUT2D eigenvalue weighted by Gasteiger charge is -2.35. The number of hydrogen-bond donors (Lipinski definition) is 0. The van der Waals surface area contributed by atoms with Gasteiger partial charge in [0.15, 0.2) is 5.83 Å². The van der Waals surface area contributed by atoms with E-state index >= 15 is 4.39 Å². The van der Waals surface area contributed by atoms with Gasteiger partial charge in [0.25, 0.3) is 5.91 Å². The van der Waals surface area contributed by atoms with E-state index in [4.69, 9.17) is 16.3 Å². The van der Waals surface area contributed by atoms with Crippen LogP contribution in [0.2, 0.25) is 5.02 Å². The van der Waals surface area contributed by atoms with Crippen LogP contribution >= 0.6 is 23.4 Å². The molecule has 3 heterocycles. The minimum atomic E-state index is -5.01. The van der Waals surface area contributed by atoms with Crippen LogP contribution in [0.5, 0.6) is 0 Å². The maximum atomic E-state index is 15.1. The van der Waals surface area contributed by atoms with Crippen LogP contribution in [0.25, 0.3) is 22.0 Å². The quantitative estimate of drug-likeness (QED) is 0.226. The molecule has 3 aromatic rings. The molecule has 0 saturated carbocycles. The van der Waals surface area contributed by atoms with Crippen LogP contribution < -0.4 is 10.6 Å². The number of aromatic nitrogens is 2. The fourth-order valence-corrected chi connectivity index (χ4v) is 6.50. The first-order valence-electron chi connectivity index (χ1n) is 12.2. The van der Waals surface area contributed by atoms with E-state index in [2.05, 4.69) is 11.6 Å². The van der Waals surface area contributed by atoms with Crippen molar-refractivity contribution in [1.29, 1.82) is 0 Å². The molecule has 1 fully saturated rings. The Morgan fingerprint density at radius 2 is 1.83 bits per heavy atom. The molecule has 7 nitrogen and oxygen atoms in total. The van der Waals surface area contributed by atoms with Gasteiger partial charge >= 0.3 is 11.9 Å². The number of methoxy groups -OCH3 is 1. The lowest BCUT2D eigenvalue weighted by atomic mass is 9.95. The minimum absolute atomic E-state index is 0.00485. The summed E-state index contributed by atoms with van der Waals surface area (Å²) in [6, 6.07) is 1.99. The number of hydrogen-bond acceptors (Lipinski definition) is 6. The zero-order valence-corrected chi connectivity index (χ0v) is 22.9. The van der Waals surface area contributed by atoms with E-state index in [1.54, 1.807) is 0 Å². The molecule has 2 aliphatic rings. The second kappa shape index (κ2) is 10.9. The summed E-state index contributed by atoms with van der Waals surface area (Å²) < 4.78 is 93.1. The lowest BCUT2D eigenvalue weighted by molar-refractivity contribution is -0.137. The van der Waals surface area contributed by atoms with Gasteiger partial charge in [-0.15, -0.1) is 11.8 Å². The van der Waals surface area contributed by atoms with Gasteiger partial charge in [-0.3, -0.25) is 9.36 Å². The van der Waals surface area contributed by atoms with Crippen molar-refractivity contribution in [2.45, 2.75) is 23.7 Å². The Hall–Kier alpha value is -3.23. The van der Waals surface area contributed by atoms with Gasteiger partial charge in [0.05, 0.1) is 28.8 Å². The SMILES string of the molecule is C=C(F)C(=O)N1CCN(c2nc(=O)n3c4c(c(-c5cc(Cl)c(F)cc5F)c(C(F)(F)F)cc24)SC[C@@H](OC)C3)CC1. The van der Waals surface area contributed by atoms with Crippen molar-refractivity contribution in [3.8, 4) is 11.1 Å². The van der Waals surface area contributed by atoms with Crippen molar-refractivity contribution in [3.05, 3.63) is 63.3 Å². The van der Waals surface area contributed by atoms with E-state index in [1.165, 1.54) is 21.5 Å². The fraction of sp³-hybridized carbons (Fsp3) is 0.346. The molecule has 1 saturated heterocycles. The van der Waals surface area contributed by atoms with Gasteiger partial charge in [-0.2, -0.15) is 18.2 Å². The highest BCUT2D eigenvalue weighted by atomic mass is 35.5. The molecular formula is C26H21ClF6N4O3S. The molecule has 5 rings (SSSR count). The molecule has 0 aliphatic carbocycles. The molecular weight excluding hydrogens is 598 g/mol. The molecule has 0 N–H and O–H groups in total. The summed E-state index contributed by atoms with van der Waals surface area (Å²) in [6.45, 7) is 3.04. The molecule has 0 unspecified atom stereocenters. The largest absolute Gasteiger partial charge is 0.417 e. The van der Waals surface area contributed by atoms with Crippen LogP contribution in [0.15, 0.2) is 40.3 Å². The van der Waals surface area contributed by atoms with Crippen LogP contribution in [-0.4, -0.2) is 65.5 Å². The third kappa shape index (κ3) is 5.28. The number of anilines is 1. The lowest BCUT2D eigenvalue weighted by Crippen LogP contribution is -2.49. The molecule has 0 bridgehead atoms. The molecule has 2 aromatic carbocycles. The number of amides is 1. The summed E-state index contributed by atoms with van der Waals surface area (Å²) in [7, 11) is 1.39. The van der Waals surface area contributed by atoms with Crippen LogP contribution in [0.3, 0.4) is 0 Å². The van der Waals surface area contributed by atoms with Gasteiger partial charge < -0.3 is 14.5 Å². The number of benzene rings is 2. The number of nitrogens with zero attached hydrogens (tertiary/aromatic N) is 4. The van der Waals surface area contributed by atoms with Crippen molar-refractivity contribution in [3.63, 3.8) is 0 Å². The Kier molecular flexibility index (Phi) is 7.76. The molecule has 1 amide bonds. The number of thioether (sulfide) groups is 1. The smallest absolute Gasteiger partial charge is 0.379 e. The Morgan fingerprint density at radius 1 is 1.15 bits per heavy atom. The zero-order valence-electron chi connectivity index (χ0n) is 21.3. The summed E-state index contributed by atoms with van der Waals surface area (Å²) in [5, 5.41) is -0.616. The second-order valence-corrected chi connectivity index (χ2v) is 10.9. The van der Waals surface area contributed by atoms with E-state index in [9.17, 15) is 31.5 Å². The number of halogens is 7. The Bertz CT molecular complexity index is 1640. The number of carbonyl (C=O) groups is 1. The van der Waals surface area contributed by atoms with Crippen molar-refractivity contribution < 1.29 is 35.9 Å². The standard InChI is InChI=1S/C26H21ClF6N4O3S/c1-12(28)24(38)36-5-3-35(4-6-36)23-15-7-16(26(31,32)33)20(14-8-17(27)19(30)9-18(14)29)22-21(15)37(25(39)34-23)10-13(40-2)11-41-22/h7-9,13H,1,3-6,10-11H2,2H3/t13-/m0/s1. The average molecular weight is 619 g/mol. The van der Waals surface area contributed by atoms with Crippen LogP contribution in [0.1, 0.15) is 5.56 Å². The van der Waals surface area contributed by atoms with Gasteiger partial charge in [0.1, 0.15) is 17.5 Å². The first kappa shape index (κ1) is 29.3. The molecule has 2 aliphatic heterocycles. The first-order chi connectivity index (χ1) is 19.3. The van der Waals surface area contributed by atoms with Gasteiger partial charge in [-0.25, -0.2) is 18.0 Å². The fourth-order valence-electron chi connectivity index (χ4n) is 5.02. The van der Waals surface area contributed by atoms with Crippen molar-refractivity contribution in [2.75, 3.05) is 43.9 Å². The minimum Gasteiger partial charge on any atom is -0.379 e. The summed E-state index contributed by atoms with van der Waals surface area (Å²) in [5.41, 5.74) is -3.12. The Labute approximate surface area is 238 Å². The Balaban J connectivity index is 1.80. The van der Waals surface area contributed by atoms with Crippen LogP contribution in [0.4, 0.5) is 32.2 Å². The van der Waals surface area contributed by atoms with Crippen LogP contribution in [-0.2, 0) is 22.3 Å². The highest BCUT2D eigenvalue weighted by Gasteiger charge is 2.39. The average Bonchev–Trinajstić information content (AvgIpc) is 3.12. The molecule has 218 valence electrons. The molecule has 1 atom stereocenters. The summed E-state index contributed by atoms with van der Waals surface area (Å²) in [4.78, 5) is 32.1. The van der Waals surface area contributed by atoms with E-state index < -0.39 is 63.1 Å². The monoisotopic (exact) mass is 618 g/mol. The van der Waals surface area contributed by atoms with Gasteiger partial charge in [-0.05, 0) is 12.1 Å². The number of ether oxygens (including phenoxy) is 1. The third-order valence-electron chi connectivity index (χ3n) is 7.01. The molecule has 15 heteroatoms. The zero-order chi connectivity index (χ0) is 29.8. The van der Waals surface area contributed by atoms with Crippen LogP contribution in [0, 0.1) is 11.6 Å². The highest BCUT2D eigenvalue weighted by Crippen LogP contribution is 2.49. The highest BCUT2D eigenvalue weighted by molar-refractivity contribution is 7.99. The van der Waals surface area contributed by atoms with E-state index in [0.29, 0.717) is 6.07 Å². The van der Waals surface area contributed by atoms with Crippen molar-refractivity contribution in [1.82, 2.24) is 14.5 Å². The van der Waals surface area contributed by atoms with Crippen molar-refractivity contribution in [2.24, 2.45) is 0 Å². The molecule has 0 radical (unpaired) electrons. The molecule has 1 aromatic heterocycles. The maximum Gasteiger partial charge on any atom is 0.417 e. The van der Waals surface area contributed by atoms with E-state index in [-0.39, 0.29) is 60.1 Å². The number of rotatable bonds is 4. The summed E-state index contributed by atoms with van der Waals surface area (Å²) >= 11 is 6.80. The van der Waals surface area contributed by atoms with E-state index in [1.807, 2.05) is 0 Å². The predicted molar refractivity (Wildman–Crippen MR) is 142 cm³/mol. The number of carbonyl (C=O) groups excluding carboxylic acids is 1. The van der Waals surface area contributed by atoms with Gasteiger partial charge in [-0.1, -0.05) is 18.2 Å². The molecule has 41 heavy (non-hydrogen) atoms. The third-order valence-corrected chi connectivity index (χ3v) is 8.53. The predicted octanol–water partition coefficient (Wildman–Crippen LogP) is 5.27. The number of piperazine rings is 1. The summed E-state index contributed by atoms with van der Waals surface area (Å²) in [5.74, 6) is -4.41.